The molecule has 1 unspecified atom stereocenters. The van der Waals surface area contributed by atoms with Crippen LogP contribution in [0.25, 0.3) is 5.69 Å². The predicted octanol–water partition coefficient (Wildman–Crippen LogP) is 2.10. The number of hydrogen-bond donors (Lipinski definition) is 1. The number of benzene rings is 1. The minimum absolute atomic E-state index is 0.245. The predicted molar refractivity (Wildman–Crippen MR) is 70.9 cm³/mol. The van der Waals surface area contributed by atoms with Gasteiger partial charge in [-0.25, -0.2) is 9.67 Å². The molecule has 0 bridgehead atoms. The molecule has 2 rings (SSSR count). The first kappa shape index (κ1) is 12.6. The molecule has 5 heteroatoms. The number of nitrogens with zero attached hydrogens (tertiary/aromatic N) is 3. The summed E-state index contributed by atoms with van der Waals surface area (Å²) in [5.41, 5.74) is 2.01. The largest absolute Gasteiger partial charge is 0.380 e. The first-order valence-electron chi connectivity index (χ1n) is 6.09. The summed E-state index contributed by atoms with van der Waals surface area (Å²) in [6, 6.07) is 8.25. The van der Waals surface area contributed by atoms with Gasteiger partial charge in [0.1, 0.15) is 12.7 Å². The summed E-state index contributed by atoms with van der Waals surface area (Å²) in [5, 5.41) is 7.57. The van der Waals surface area contributed by atoms with Crippen molar-refractivity contribution in [3.05, 3.63) is 36.9 Å². The fourth-order valence-corrected chi connectivity index (χ4v) is 1.73. The SMILES string of the molecule is CCOCC(C)Nc1ccccc1-n1cncn1. The summed E-state index contributed by atoms with van der Waals surface area (Å²) < 4.78 is 7.15. The van der Waals surface area contributed by atoms with Crippen molar-refractivity contribution in [2.45, 2.75) is 19.9 Å². The standard InChI is InChI=1S/C13H18N4O/c1-3-18-8-11(2)16-12-6-4-5-7-13(12)17-10-14-9-15-17/h4-7,9-11,16H,3,8H2,1-2H3. The highest BCUT2D eigenvalue weighted by molar-refractivity contribution is 5.60. The van der Waals surface area contributed by atoms with Crippen LogP contribution in [0.15, 0.2) is 36.9 Å². The lowest BCUT2D eigenvalue weighted by Crippen LogP contribution is -2.22. The first-order valence-corrected chi connectivity index (χ1v) is 6.09. The number of para-hydroxylation sites is 2. The van der Waals surface area contributed by atoms with Gasteiger partial charge in [-0.1, -0.05) is 12.1 Å². The Morgan fingerprint density at radius 2 is 2.22 bits per heavy atom. The van der Waals surface area contributed by atoms with Gasteiger partial charge in [-0.05, 0) is 26.0 Å². The van der Waals surface area contributed by atoms with E-state index < -0.39 is 0 Å². The zero-order valence-corrected chi connectivity index (χ0v) is 10.7. The fraction of sp³-hybridized carbons (Fsp3) is 0.385. The maximum Gasteiger partial charge on any atom is 0.138 e. The van der Waals surface area contributed by atoms with Gasteiger partial charge in [-0.15, -0.1) is 0 Å². The van der Waals surface area contributed by atoms with Gasteiger partial charge in [0.05, 0.1) is 18.0 Å². The van der Waals surface area contributed by atoms with Crippen molar-refractivity contribution in [2.24, 2.45) is 0 Å². The molecule has 96 valence electrons. The Morgan fingerprint density at radius 1 is 1.39 bits per heavy atom. The van der Waals surface area contributed by atoms with E-state index in [9.17, 15) is 0 Å². The van der Waals surface area contributed by atoms with Gasteiger partial charge in [0.2, 0.25) is 0 Å². The molecule has 0 amide bonds. The lowest BCUT2D eigenvalue weighted by molar-refractivity contribution is 0.141. The molecule has 0 spiro atoms. The van der Waals surface area contributed by atoms with Crippen LogP contribution in [0.2, 0.25) is 0 Å². The lowest BCUT2D eigenvalue weighted by atomic mass is 10.2. The van der Waals surface area contributed by atoms with E-state index in [1.165, 1.54) is 6.33 Å². The third-order valence-electron chi connectivity index (χ3n) is 2.54. The van der Waals surface area contributed by atoms with Crippen LogP contribution >= 0.6 is 0 Å². The van der Waals surface area contributed by atoms with Crippen LogP contribution in [0.1, 0.15) is 13.8 Å². The van der Waals surface area contributed by atoms with E-state index in [0.29, 0.717) is 6.61 Å². The molecule has 0 saturated heterocycles. The molecule has 1 N–H and O–H groups in total. The fourth-order valence-electron chi connectivity index (χ4n) is 1.73. The third kappa shape index (κ3) is 3.07. The molecule has 0 saturated carbocycles. The molecule has 1 aromatic heterocycles. The molecule has 0 radical (unpaired) electrons. The number of anilines is 1. The van der Waals surface area contributed by atoms with Gasteiger partial charge in [-0.3, -0.25) is 0 Å². The van der Waals surface area contributed by atoms with Crippen molar-refractivity contribution in [1.29, 1.82) is 0 Å². The topological polar surface area (TPSA) is 52.0 Å². The van der Waals surface area contributed by atoms with E-state index in [-0.39, 0.29) is 6.04 Å². The summed E-state index contributed by atoms with van der Waals surface area (Å²) in [7, 11) is 0. The van der Waals surface area contributed by atoms with Crippen LogP contribution in [0.3, 0.4) is 0 Å². The Hall–Kier alpha value is -1.88. The normalized spacial score (nSPS) is 12.3. The van der Waals surface area contributed by atoms with Crippen LogP contribution in [-0.4, -0.2) is 34.0 Å². The van der Waals surface area contributed by atoms with Crippen molar-refractivity contribution in [1.82, 2.24) is 14.8 Å². The van der Waals surface area contributed by atoms with E-state index in [4.69, 9.17) is 4.74 Å². The molecule has 0 fully saturated rings. The average molecular weight is 246 g/mol. The molecule has 1 atom stereocenters. The molecule has 1 heterocycles. The molecule has 0 aliphatic carbocycles. The summed E-state index contributed by atoms with van der Waals surface area (Å²) in [6.07, 6.45) is 3.22. The average Bonchev–Trinajstić information content (AvgIpc) is 2.91. The summed E-state index contributed by atoms with van der Waals surface area (Å²) in [5.74, 6) is 0. The molecule has 0 aliphatic rings. The second-order valence-electron chi connectivity index (χ2n) is 4.06. The van der Waals surface area contributed by atoms with Gasteiger partial charge in [0.15, 0.2) is 0 Å². The highest BCUT2D eigenvalue weighted by Crippen LogP contribution is 2.19. The van der Waals surface area contributed by atoms with Crippen molar-refractivity contribution >= 4 is 5.69 Å². The molecule has 5 nitrogen and oxygen atoms in total. The van der Waals surface area contributed by atoms with Crippen molar-refractivity contribution in [3.8, 4) is 5.69 Å². The van der Waals surface area contributed by atoms with Crippen LogP contribution in [0.5, 0.6) is 0 Å². The van der Waals surface area contributed by atoms with Crippen LogP contribution in [0.4, 0.5) is 5.69 Å². The Morgan fingerprint density at radius 3 is 2.94 bits per heavy atom. The van der Waals surface area contributed by atoms with E-state index in [1.54, 1.807) is 11.0 Å². The quantitative estimate of drug-likeness (QED) is 0.848. The highest BCUT2D eigenvalue weighted by Gasteiger charge is 2.07. The second kappa shape index (κ2) is 6.16. The summed E-state index contributed by atoms with van der Waals surface area (Å²) in [4.78, 5) is 3.97. The summed E-state index contributed by atoms with van der Waals surface area (Å²) >= 11 is 0. The maximum atomic E-state index is 5.40. The van der Waals surface area contributed by atoms with Gasteiger partial charge in [0.25, 0.3) is 0 Å². The van der Waals surface area contributed by atoms with E-state index in [1.807, 2.05) is 31.2 Å². The molecule has 18 heavy (non-hydrogen) atoms. The van der Waals surface area contributed by atoms with Gasteiger partial charge in [0, 0.05) is 12.6 Å². The Bertz CT molecular complexity index is 470. The van der Waals surface area contributed by atoms with E-state index >= 15 is 0 Å². The second-order valence-corrected chi connectivity index (χ2v) is 4.06. The maximum absolute atomic E-state index is 5.40. The van der Waals surface area contributed by atoms with Crippen molar-refractivity contribution in [2.75, 3.05) is 18.5 Å². The molecule has 0 aliphatic heterocycles. The number of nitrogens with one attached hydrogen (secondary N) is 1. The number of rotatable bonds is 6. The van der Waals surface area contributed by atoms with E-state index in [2.05, 4.69) is 22.3 Å². The molecule has 1 aromatic carbocycles. The van der Waals surface area contributed by atoms with Crippen LogP contribution in [-0.2, 0) is 4.74 Å². The van der Waals surface area contributed by atoms with Crippen molar-refractivity contribution in [3.63, 3.8) is 0 Å². The zero-order chi connectivity index (χ0) is 12.8. The minimum atomic E-state index is 0.245. The molecular weight excluding hydrogens is 228 g/mol. The third-order valence-corrected chi connectivity index (χ3v) is 2.54. The van der Waals surface area contributed by atoms with Crippen LogP contribution < -0.4 is 5.32 Å². The minimum Gasteiger partial charge on any atom is -0.380 e. The van der Waals surface area contributed by atoms with Crippen LogP contribution in [0, 0.1) is 0 Å². The molecule has 2 aromatic rings. The van der Waals surface area contributed by atoms with Gasteiger partial charge in [-0.2, -0.15) is 5.10 Å². The number of hydrogen-bond acceptors (Lipinski definition) is 4. The lowest BCUT2D eigenvalue weighted by Gasteiger charge is -2.17. The Labute approximate surface area is 107 Å². The van der Waals surface area contributed by atoms with Gasteiger partial charge >= 0.3 is 0 Å². The Kier molecular flexibility index (Phi) is 4.30. The van der Waals surface area contributed by atoms with Gasteiger partial charge < -0.3 is 10.1 Å². The zero-order valence-electron chi connectivity index (χ0n) is 10.7. The number of aromatic nitrogens is 3. The summed E-state index contributed by atoms with van der Waals surface area (Å²) in [6.45, 7) is 5.50. The number of ether oxygens (including phenoxy) is 1. The smallest absolute Gasteiger partial charge is 0.138 e. The van der Waals surface area contributed by atoms with E-state index in [0.717, 1.165) is 18.0 Å². The first-order chi connectivity index (χ1) is 8.81. The van der Waals surface area contributed by atoms with Crippen molar-refractivity contribution < 1.29 is 4.74 Å². The monoisotopic (exact) mass is 246 g/mol. The Balaban J connectivity index is 2.13. The molecular formula is C13H18N4O. The highest BCUT2D eigenvalue weighted by atomic mass is 16.5.